The van der Waals surface area contributed by atoms with Crippen molar-refractivity contribution in [2.45, 2.75) is 6.92 Å². The summed E-state index contributed by atoms with van der Waals surface area (Å²) in [6.07, 6.45) is 3.67. The lowest BCUT2D eigenvalue weighted by Gasteiger charge is -2.14. The van der Waals surface area contributed by atoms with E-state index in [1.165, 1.54) is 29.2 Å². The number of carbonyl (C=O) groups excluding carboxylic acids is 3. The number of allylic oxidation sites excluding steroid dienone is 2. The van der Waals surface area contributed by atoms with Crippen molar-refractivity contribution in [1.29, 1.82) is 0 Å². The molecule has 1 heterocycles. The average molecular weight is 454 g/mol. The molecule has 0 aromatic heterocycles. The van der Waals surface area contributed by atoms with E-state index in [9.17, 15) is 19.5 Å². The van der Waals surface area contributed by atoms with Crippen molar-refractivity contribution < 1.29 is 19.5 Å². The van der Waals surface area contributed by atoms with Crippen LogP contribution in [0.15, 0.2) is 71.2 Å². The highest BCUT2D eigenvalue weighted by Gasteiger charge is 2.33. The van der Waals surface area contributed by atoms with Gasteiger partial charge in [0.2, 0.25) is 0 Å². The van der Waals surface area contributed by atoms with Crippen molar-refractivity contribution in [3.05, 3.63) is 82.3 Å². The van der Waals surface area contributed by atoms with Gasteiger partial charge in [0.25, 0.3) is 17.7 Å². The average Bonchev–Trinajstić information content (AvgIpc) is 3.00. The SMILES string of the molecule is CC(/C=C1\SC(=S)N(CC(=O)NNC(=O)c2cccc(O)c2)C1=O)=C\c1ccccc1. The summed E-state index contributed by atoms with van der Waals surface area (Å²) in [7, 11) is 0. The molecule has 158 valence electrons. The number of phenols is 1. The van der Waals surface area contributed by atoms with E-state index in [4.69, 9.17) is 12.2 Å². The molecule has 1 aliphatic rings. The van der Waals surface area contributed by atoms with Gasteiger partial charge in [0.15, 0.2) is 0 Å². The lowest BCUT2D eigenvalue weighted by molar-refractivity contribution is -0.129. The molecule has 31 heavy (non-hydrogen) atoms. The van der Waals surface area contributed by atoms with Crippen LogP contribution in [0, 0.1) is 0 Å². The van der Waals surface area contributed by atoms with Crippen molar-refractivity contribution in [2.75, 3.05) is 6.54 Å². The Labute approximate surface area is 188 Å². The first-order valence-corrected chi connectivity index (χ1v) is 10.4. The number of amides is 3. The van der Waals surface area contributed by atoms with E-state index in [0.717, 1.165) is 22.9 Å². The minimum absolute atomic E-state index is 0.0695. The second kappa shape index (κ2) is 10.1. The Morgan fingerprint density at radius 2 is 1.87 bits per heavy atom. The number of thioether (sulfide) groups is 1. The zero-order chi connectivity index (χ0) is 22.4. The van der Waals surface area contributed by atoms with Gasteiger partial charge in [-0.05, 0) is 42.3 Å². The molecule has 0 saturated carbocycles. The molecule has 3 amide bonds. The molecule has 0 bridgehead atoms. The van der Waals surface area contributed by atoms with Crippen LogP contribution in [0.5, 0.6) is 5.75 Å². The summed E-state index contributed by atoms with van der Waals surface area (Å²) < 4.78 is 0.262. The number of hydrazine groups is 1. The van der Waals surface area contributed by atoms with Gasteiger partial charge < -0.3 is 5.11 Å². The van der Waals surface area contributed by atoms with E-state index < -0.39 is 11.8 Å². The fourth-order valence-electron chi connectivity index (χ4n) is 2.73. The van der Waals surface area contributed by atoms with Gasteiger partial charge in [0, 0.05) is 5.56 Å². The van der Waals surface area contributed by atoms with Gasteiger partial charge in [-0.2, -0.15) is 0 Å². The van der Waals surface area contributed by atoms with E-state index in [-0.39, 0.29) is 28.1 Å². The number of nitrogens with one attached hydrogen (secondary N) is 2. The molecule has 1 fully saturated rings. The molecule has 2 aromatic rings. The monoisotopic (exact) mass is 453 g/mol. The Morgan fingerprint density at radius 1 is 1.13 bits per heavy atom. The molecule has 1 saturated heterocycles. The zero-order valence-corrected chi connectivity index (χ0v) is 18.1. The quantitative estimate of drug-likeness (QED) is 0.366. The summed E-state index contributed by atoms with van der Waals surface area (Å²) in [5, 5.41) is 9.42. The number of rotatable bonds is 5. The van der Waals surface area contributed by atoms with Crippen LogP contribution in [-0.2, 0) is 9.59 Å². The number of carbonyl (C=O) groups is 3. The Balaban J connectivity index is 1.58. The topological polar surface area (TPSA) is 98.7 Å². The van der Waals surface area contributed by atoms with Gasteiger partial charge in [-0.1, -0.05) is 66.5 Å². The molecular formula is C22H19N3O4S2. The highest BCUT2D eigenvalue weighted by molar-refractivity contribution is 8.26. The minimum Gasteiger partial charge on any atom is -0.508 e. The van der Waals surface area contributed by atoms with Gasteiger partial charge in [-0.15, -0.1) is 0 Å². The van der Waals surface area contributed by atoms with Crippen molar-refractivity contribution in [3.63, 3.8) is 0 Å². The second-order valence-electron chi connectivity index (χ2n) is 6.62. The first kappa shape index (κ1) is 22.3. The zero-order valence-electron chi connectivity index (χ0n) is 16.5. The van der Waals surface area contributed by atoms with E-state index in [2.05, 4.69) is 10.9 Å². The van der Waals surface area contributed by atoms with Crippen LogP contribution in [-0.4, -0.2) is 38.6 Å². The summed E-state index contributed by atoms with van der Waals surface area (Å²) in [5.41, 5.74) is 6.54. The first-order valence-electron chi connectivity index (χ1n) is 9.20. The standard InChI is InChI=1S/C22H19N3O4S2/c1-14(10-15-6-3-2-4-7-15)11-18-21(29)25(22(30)31-18)13-19(27)23-24-20(28)16-8-5-9-17(26)12-16/h2-12,26H,13H2,1H3,(H,23,27)(H,24,28)/b14-10+,18-11-. The molecular weight excluding hydrogens is 434 g/mol. The largest absolute Gasteiger partial charge is 0.508 e. The molecule has 0 radical (unpaired) electrons. The third-order valence-electron chi connectivity index (χ3n) is 4.15. The van der Waals surface area contributed by atoms with Crippen molar-refractivity contribution >= 4 is 52.1 Å². The van der Waals surface area contributed by atoms with Crippen LogP contribution >= 0.6 is 24.0 Å². The van der Waals surface area contributed by atoms with Crippen LogP contribution in [0.1, 0.15) is 22.8 Å². The summed E-state index contributed by atoms with van der Waals surface area (Å²) in [4.78, 5) is 38.5. The predicted molar refractivity (Wildman–Crippen MR) is 124 cm³/mol. The Kier molecular flexibility index (Phi) is 7.22. The van der Waals surface area contributed by atoms with Crippen molar-refractivity contribution in [3.8, 4) is 5.75 Å². The van der Waals surface area contributed by atoms with E-state index >= 15 is 0 Å². The Bertz CT molecular complexity index is 1100. The third-order valence-corrected chi connectivity index (χ3v) is 5.53. The molecule has 7 nitrogen and oxygen atoms in total. The molecule has 3 rings (SSSR count). The summed E-state index contributed by atoms with van der Waals surface area (Å²) >= 11 is 6.35. The van der Waals surface area contributed by atoms with Crippen LogP contribution in [0.3, 0.4) is 0 Å². The Morgan fingerprint density at radius 3 is 2.58 bits per heavy atom. The number of hydrogen-bond donors (Lipinski definition) is 3. The molecule has 1 aliphatic heterocycles. The maximum Gasteiger partial charge on any atom is 0.269 e. The predicted octanol–water partition coefficient (Wildman–Crippen LogP) is 3.00. The number of hydrogen-bond acceptors (Lipinski definition) is 6. The van der Waals surface area contributed by atoms with Crippen LogP contribution in [0.25, 0.3) is 6.08 Å². The van der Waals surface area contributed by atoms with Crippen LogP contribution in [0.2, 0.25) is 0 Å². The summed E-state index contributed by atoms with van der Waals surface area (Å²) in [5.74, 6) is -1.65. The molecule has 0 aliphatic carbocycles. The third kappa shape index (κ3) is 6.03. The molecule has 2 aromatic carbocycles. The number of phenolic OH excluding ortho intramolecular Hbond substituents is 1. The first-order chi connectivity index (χ1) is 14.8. The van der Waals surface area contributed by atoms with Crippen LogP contribution < -0.4 is 10.9 Å². The number of thiocarbonyl (C=S) groups is 1. The van der Waals surface area contributed by atoms with Crippen molar-refractivity contribution in [2.24, 2.45) is 0 Å². The number of nitrogens with zero attached hydrogens (tertiary/aromatic N) is 1. The molecule has 9 heteroatoms. The van der Waals surface area contributed by atoms with E-state index in [1.807, 2.05) is 43.3 Å². The molecule has 0 atom stereocenters. The smallest absolute Gasteiger partial charge is 0.269 e. The maximum absolute atomic E-state index is 12.7. The molecule has 3 N–H and O–H groups in total. The molecule has 0 spiro atoms. The fraction of sp³-hybridized carbons (Fsp3) is 0.0909. The lowest BCUT2D eigenvalue weighted by Crippen LogP contribution is -2.47. The maximum atomic E-state index is 12.7. The summed E-state index contributed by atoms with van der Waals surface area (Å²) in [6, 6.07) is 15.4. The summed E-state index contributed by atoms with van der Waals surface area (Å²) in [6.45, 7) is 1.55. The number of benzene rings is 2. The van der Waals surface area contributed by atoms with Gasteiger partial charge in [0.1, 0.15) is 16.6 Å². The van der Waals surface area contributed by atoms with Gasteiger partial charge >= 0.3 is 0 Å². The highest BCUT2D eigenvalue weighted by Crippen LogP contribution is 2.31. The second-order valence-corrected chi connectivity index (χ2v) is 8.30. The Hall–Kier alpha value is -3.43. The normalized spacial score (nSPS) is 15.3. The van der Waals surface area contributed by atoms with E-state index in [0.29, 0.717) is 4.91 Å². The van der Waals surface area contributed by atoms with Crippen molar-refractivity contribution in [1.82, 2.24) is 15.8 Å². The number of aromatic hydroxyl groups is 1. The van der Waals surface area contributed by atoms with Gasteiger partial charge in [0.05, 0.1) is 4.91 Å². The highest BCUT2D eigenvalue weighted by atomic mass is 32.2. The fourth-order valence-corrected chi connectivity index (χ4v) is 4.03. The van der Waals surface area contributed by atoms with Crippen LogP contribution in [0.4, 0.5) is 0 Å². The van der Waals surface area contributed by atoms with Gasteiger partial charge in [-0.3, -0.25) is 30.1 Å². The molecule has 0 unspecified atom stereocenters. The van der Waals surface area contributed by atoms with Gasteiger partial charge in [-0.25, -0.2) is 0 Å². The lowest BCUT2D eigenvalue weighted by atomic mass is 10.1. The van der Waals surface area contributed by atoms with E-state index in [1.54, 1.807) is 6.08 Å². The minimum atomic E-state index is -0.609.